The van der Waals surface area contributed by atoms with Crippen molar-refractivity contribution >= 4 is 7.51 Å². The fourth-order valence-corrected chi connectivity index (χ4v) is 6.40. The number of nitrogens with zero attached hydrogens (tertiary/aromatic N) is 4. The van der Waals surface area contributed by atoms with Gasteiger partial charge in [-0.05, 0) is 83.1 Å². The molecule has 0 heterocycles. The van der Waals surface area contributed by atoms with Crippen molar-refractivity contribution in [2.75, 3.05) is 42.0 Å². The van der Waals surface area contributed by atoms with Crippen molar-refractivity contribution in [3.05, 3.63) is 84.4 Å². The van der Waals surface area contributed by atoms with Crippen molar-refractivity contribution in [1.29, 1.82) is 0 Å². The Kier molecular flexibility index (Phi) is 8.10. The molecule has 0 atom stereocenters. The third-order valence-corrected chi connectivity index (χ3v) is 8.74. The van der Waals surface area contributed by atoms with Gasteiger partial charge in [0.1, 0.15) is 12.5 Å². The molecule has 3 rings (SSSR count). The smallest absolute Gasteiger partial charge is 0.213 e. The summed E-state index contributed by atoms with van der Waals surface area (Å²) in [5.41, 5.74) is 3.62. The molecule has 0 aliphatic carbocycles. The lowest BCUT2D eigenvalue weighted by atomic mass is 10.0. The number of aryl methyl sites for hydroxylation is 1. The van der Waals surface area contributed by atoms with Crippen molar-refractivity contribution in [3.63, 3.8) is 0 Å². The van der Waals surface area contributed by atoms with Crippen LogP contribution >= 0.6 is 7.51 Å². The Balaban J connectivity index is 1.82. The zero-order valence-corrected chi connectivity index (χ0v) is 20.7. The molecule has 0 radical (unpaired) electrons. The summed E-state index contributed by atoms with van der Waals surface area (Å²) in [5.74, 6) is 1.52. The van der Waals surface area contributed by atoms with Gasteiger partial charge >= 0.3 is 0 Å². The van der Waals surface area contributed by atoms with Gasteiger partial charge in [0.05, 0.1) is 0 Å². The van der Waals surface area contributed by atoms with E-state index in [0.29, 0.717) is 12.5 Å². The summed E-state index contributed by atoms with van der Waals surface area (Å²) in [6.45, 7) is 2.50. The van der Waals surface area contributed by atoms with Gasteiger partial charge in [0.15, 0.2) is 5.75 Å². The molecule has 0 bridgehead atoms. The molecule has 0 unspecified atom stereocenters. The van der Waals surface area contributed by atoms with Crippen molar-refractivity contribution in [2.45, 2.75) is 6.92 Å². The Bertz CT molecular complexity index is 1040. The van der Waals surface area contributed by atoms with E-state index in [4.69, 9.17) is 14.5 Å². The van der Waals surface area contributed by atoms with Gasteiger partial charge in [-0.3, -0.25) is 0 Å². The molecule has 32 heavy (non-hydrogen) atoms. The van der Waals surface area contributed by atoms with Gasteiger partial charge in [0.2, 0.25) is 7.51 Å². The minimum absolute atomic E-state index is 0.382. The van der Waals surface area contributed by atoms with Gasteiger partial charge in [0, 0.05) is 0 Å². The highest BCUT2D eigenvalue weighted by atomic mass is 31.2. The van der Waals surface area contributed by atoms with E-state index < -0.39 is 7.51 Å². The van der Waals surface area contributed by atoms with Crippen molar-refractivity contribution in [2.24, 2.45) is 4.91 Å². The van der Waals surface area contributed by atoms with E-state index in [9.17, 15) is 0 Å². The first-order valence-corrected chi connectivity index (χ1v) is 12.1. The van der Waals surface area contributed by atoms with Crippen LogP contribution in [0.25, 0.3) is 11.1 Å². The Morgan fingerprint density at radius 2 is 1.31 bits per heavy atom. The summed E-state index contributed by atoms with van der Waals surface area (Å²) in [6, 6.07) is 26.2. The van der Waals surface area contributed by atoms with Crippen LogP contribution in [0.4, 0.5) is 0 Å². The van der Waals surface area contributed by atoms with Crippen molar-refractivity contribution in [3.8, 4) is 22.6 Å². The highest BCUT2D eigenvalue weighted by Gasteiger charge is 2.33. The minimum Gasteiger partial charge on any atom is -0.478 e. The van der Waals surface area contributed by atoms with Crippen molar-refractivity contribution in [1.82, 2.24) is 14.0 Å². The Hall–Kier alpha value is -2.63. The average Bonchev–Trinajstić information content (AvgIpc) is 2.79. The molecule has 0 aliphatic rings. The molecule has 0 spiro atoms. The molecule has 0 saturated carbocycles. The standard InChI is InChI=1S/C25H33N4O2P/c1-21-12-10-11-15-25(21)22-16-18-24(19-17-22)31-26-32(27(2)3,28(4)5)29(6)20-30-23-13-8-7-9-14-23/h7-19H,20H2,1-6H3. The lowest BCUT2D eigenvalue weighted by molar-refractivity contribution is 0.207. The molecule has 0 aromatic heterocycles. The number of rotatable bonds is 9. The van der Waals surface area contributed by atoms with E-state index in [2.05, 4.69) is 57.3 Å². The van der Waals surface area contributed by atoms with Crippen LogP contribution in [-0.4, -0.2) is 56.0 Å². The molecule has 170 valence electrons. The molecule has 3 aromatic carbocycles. The van der Waals surface area contributed by atoms with Crippen LogP contribution < -0.4 is 9.57 Å². The molecule has 0 amide bonds. The fraction of sp³-hybridized carbons (Fsp3) is 0.280. The van der Waals surface area contributed by atoms with E-state index in [0.717, 1.165) is 11.3 Å². The lowest BCUT2D eigenvalue weighted by Crippen LogP contribution is -2.35. The predicted molar refractivity (Wildman–Crippen MR) is 134 cm³/mol. The van der Waals surface area contributed by atoms with Crippen LogP contribution in [0.3, 0.4) is 0 Å². The summed E-state index contributed by atoms with van der Waals surface area (Å²) < 4.78 is 12.3. The first-order valence-electron chi connectivity index (χ1n) is 10.5. The Morgan fingerprint density at radius 3 is 1.91 bits per heavy atom. The molecule has 0 fully saturated rings. The van der Waals surface area contributed by atoms with Gasteiger partial charge < -0.3 is 9.57 Å². The van der Waals surface area contributed by atoms with Gasteiger partial charge in [-0.25, -0.2) is 14.0 Å². The van der Waals surface area contributed by atoms with Crippen molar-refractivity contribution < 1.29 is 9.57 Å². The Morgan fingerprint density at radius 1 is 0.719 bits per heavy atom. The first-order chi connectivity index (χ1) is 15.3. The maximum Gasteiger partial charge on any atom is 0.213 e. The van der Waals surface area contributed by atoms with E-state index in [-0.39, 0.29) is 0 Å². The molecule has 3 aromatic rings. The fourth-order valence-electron chi connectivity index (χ4n) is 3.63. The van der Waals surface area contributed by atoms with Gasteiger partial charge in [-0.2, -0.15) is 0 Å². The van der Waals surface area contributed by atoms with E-state index in [1.165, 1.54) is 11.1 Å². The van der Waals surface area contributed by atoms with Crippen LogP contribution in [0.1, 0.15) is 5.56 Å². The number of benzene rings is 3. The monoisotopic (exact) mass is 452 g/mol. The van der Waals surface area contributed by atoms with Gasteiger partial charge in [0.25, 0.3) is 0 Å². The van der Waals surface area contributed by atoms with Crippen LogP contribution in [0.5, 0.6) is 11.5 Å². The maximum absolute atomic E-state index is 5.99. The topological polar surface area (TPSA) is 40.5 Å². The van der Waals surface area contributed by atoms with E-state index in [1.54, 1.807) is 0 Å². The molecule has 0 N–H and O–H groups in total. The number of hydrogen-bond donors (Lipinski definition) is 0. The summed E-state index contributed by atoms with van der Waals surface area (Å²) in [6.07, 6.45) is 0. The highest BCUT2D eigenvalue weighted by Crippen LogP contribution is 2.55. The summed E-state index contributed by atoms with van der Waals surface area (Å²) in [4.78, 5) is 10.7. The molecule has 6 nitrogen and oxygen atoms in total. The van der Waals surface area contributed by atoms with E-state index in [1.807, 2.05) is 77.7 Å². The largest absolute Gasteiger partial charge is 0.478 e. The summed E-state index contributed by atoms with van der Waals surface area (Å²) >= 11 is 0. The van der Waals surface area contributed by atoms with E-state index >= 15 is 0 Å². The molecule has 0 saturated heterocycles. The molecule has 7 heteroatoms. The van der Waals surface area contributed by atoms with Crippen LogP contribution in [0.15, 0.2) is 83.8 Å². The summed E-state index contributed by atoms with van der Waals surface area (Å²) in [5, 5.41) is 0. The molecule has 0 aliphatic heterocycles. The minimum atomic E-state index is -2.33. The zero-order valence-electron chi connectivity index (χ0n) is 19.8. The van der Waals surface area contributed by atoms with Gasteiger partial charge in [-0.15, -0.1) is 0 Å². The number of para-hydroxylation sites is 1. The average molecular weight is 453 g/mol. The zero-order chi connectivity index (χ0) is 23.1. The SMILES string of the molecule is Cc1ccccc1-c1ccc(ON=P(N(C)C)(N(C)C)N(C)COc2ccccc2)cc1. The second kappa shape index (κ2) is 10.8. The third-order valence-electron chi connectivity index (χ3n) is 5.26. The first kappa shape index (κ1) is 24.0. The quantitative estimate of drug-likeness (QED) is 0.226. The van der Waals surface area contributed by atoms with Crippen LogP contribution in [-0.2, 0) is 0 Å². The van der Waals surface area contributed by atoms with Crippen LogP contribution in [0, 0.1) is 6.92 Å². The maximum atomic E-state index is 5.99. The second-order valence-corrected chi connectivity index (χ2v) is 11.5. The number of ether oxygens (including phenoxy) is 1. The number of hydrogen-bond acceptors (Lipinski definition) is 3. The van der Waals surface area contributed by atoms with Crippen LogP contribution in [0.2, 0.25) is 0 Å². The second-order valence-electron chi connectivity index (χ2n) is 7.99. The lowest BCUT2D eigenvalue weighted by Gasteiger charge is -2.40. The molecular formula is C25H33N4O2P. The predicted octanol–water partition coefficient (Wildman–Crippen LogP) is 5.99. The molecular weight excluding hydrogens is 419 g/mol. The van der Waals surface area contributed by atoms with Gasteiger partial charge in [-0.1, -0.05) is 59.5 Å². The normalized spacial score (nSPS) is 11.8. The third kappa shape index (κ3) is 5.40. The summed E-state index contributed by atoms with van der Waals surface area (Å²) in [7, 11) is 7.73. The highest BCUT2D eigenvalue weighted by molar-refractivity contribution is 7.58. The Labute approximate surface area is 192 Å².